The fraction of sp³-hybridized carbons (Fsp3) is 0.611. The van der Waals surface area contributed by atoms with E-state index >= 15 is 0 Å². The molecule has 1 aromatic carbocycles. The molecule has 138 valence electrons. The van der Waals surface area contributed by atoms with Gasteiger partial charge in [-0.2, -0.15) is 0 Å². The van der Waals surface area contributed by atoms with Gasteiger partial charge in [-0.3, -0.25) is 4.79 Å². The fourth-order valence-electron chi connectivity index (χ4n) is 2.49. The van der Waals surface area contributed by atoms with E-state index in [-0.39, 0.29) is 31.0 Å². The topological polar surface area (TPSA) is 84.6 Å². The molecule has 0 spiro atoms. The molecular formula is C18H31ClN2O3. The number of hydrogen-bond donors (Lipinski definition) is 3. The first-order valence-electron chi connectivity index (χ1n) is 8.31. The van der Waals surface area contributed by atoms with E-state index in [2.05, 4.69) is 5.32 Å². The van der Waals surface area contributed by atoms with Crippen LogP contribution in [0, 0.1) is 5.41 Å². The van der Waals surface area contributed by atoms with Crippen molar-refractivity contribution in [2.75, 3.05) is 13.1 Å². The first-order chi connectivity index (χ1) is 10.9. The summed E-state index contributed by atoms with van der Waals surface area (Å²) < 4.78 is 5.57. The molecule has 6 heteroatoms. The number of carbonyl (C=O) groups excluding carboxylic acids is 1. The molecule has 0 radical (unpaired) electrons. The normalized spacial score (nSPS) is 12.5. The average Bonchev–Trinajstić information content (AvgIpc) is 2.55. The molecule has 0 saturated carbocycles. The van der Waals surface area contributed by atoms with E-state index in [1.54, 1.807) is 0 Å². The Kier molecular flexibility index (Phi) is 9.97. The highest BCUT2D eigenvalue weighted by Crippen LogP contribution is 2.25. The Morgan fingerprint density at radius 2 is 1.79 bits per heavy atom. The van der Waals surface area contributed by atoms with Crippen molar-refractivity contribution in [3.05, 3.63) is 29.8 Å². The molecule has 0 fully saturated rings. The van der Waals surface area contributed by atoms with Crippen LogP contribution in [0.2, 0.25) is 0 Å². The molecule has 4 N–H and O–H groups in total. The minimum atomic E-state index is -0.753. The van der Waals surface area contributed by atoms with E-state index < -0.39 is 11.5 Å². The molecule has 0 bridgehead atoms. The van der Waals surface area contributed by atoms with Crippen LogP contribution in [0.5, 0.6) is 5.75 Å². The molecule has 0 heterocycles. The van der Waals surface area contributed by atoms with E-state index in [0.717, 1.165) is 11.3 Å². The summed E-state index contributed by atoms with van der Waals surface area (Å²) in [4.78, 5) is 12.3. The van der Waals surface area contributed by atoms with Crippen LogP contribution in [0.25, 0.3) is 0 Å². The van der Waals surface area contributed by atoms with Gasteiger partial charge in [-0.25, -0.2) is 0 Å². The largest absolute Gasteiger partial charge is 0.491 e. The van der Waals surface area contributed by atoms with Crippen molar-refractivity contribution in [3.8, 4) is 5.75 Å². The summed E-state index contributed by atoms with van der Waals surface area (Å²) in [6.07, 6.45) is 0.723. The third-order valence-electron chi connectivity index (χ3n) is 4.32. The lowest BCUT2D eigenvalue weighted by molar-refractivity contribution is -0.131. The van der Waals surface area contributed by atoms with Gasteiger partial charge in [0.1, 0.15) is 5.75 Å². The number of rotatable bonds is 9. The Bertz CT molecular complexity index is 479. The summed E-state index contributed by atoms with van der Waals surface area (Å²) in [7, 11) is 0. The highest BCUT2D eigenvalue weighted by molar-refractivity contribution is 5.85. The summed E-state index contributed by atoms with van der Waals surface area (Å²) in [5.74, 6) is 0.669. The van der Waals surface area contributed by atoms with Gasteiger partial charge in [0.2, 0.25) is 5.91 Å². The molecule has 0 aliphatic rings. The van der Waals surface area contributed by atoms with Crippen LogP contribution >= 0.6 is 12.4 Å². The number of hydrogen-bond acceptors (Lipinski definition) is 4. The van der Waals surface area contributed by atoms with Crippen molar-refractivity contribution in [3.63, 3.8) is 0 Å². The number of aliphatic hydroxyl groups is 1. The molecule has 0 aromatic heterocycles. The third kappa shape index (κ3) is 5.96. The Labute approximate surface area is 151 Å². The predicted molar refractivity (Wildman–Crippen MR) is 99.5 cm³/mol. The van der Waals surface area contributed by atoms with Gasteiger partial charge in [-0.05, 0) is 44.4 Å². The van der Waals surface area contributed by atoms with Gasteiger partial charge in [0.05, 0.1) is 17.6 Å². The highest BCUT2D eigenvalue weighted by Gasteiger charge is 2.33. The lowest BCUT2D eigenvalue weighted by atomic mass is 9.81. The van der Waals surface area contributed by atoms with Gasteiger partial charge >= 0.3 is 0 Å². The smallest absolute Gasteiger partial charge is 0.227 e. The quantitative estimate of drug-likeness (QED) is 0.633. The van der Waals surface area contributed by atoms with Crippen LogP contribution in [0.4, 0.5) is 0 Å². The molecule has 1 rings (SSSR count). The Hall–Kier alpha value is -1.30. The lowest BCUT2D eigenvalue weighted by Crippen LogP contribution is -2.46. The molecule has 5 nitrogen and oxygen atoms in total. The Balaban J connectivity index is 0.00000529. The van der Waals surface area contributed by atoms with Crippen LogP contribution < -0.4 is 15.8 Å². The second kappa shape index (κ2) is 10.5. The van der Waals surface area contributed by atoms with Crippen molar-refractivity contribution in [1.29, 1.82) is 0 Å². The highest BCUT2D eigenvalue weighted by atomic mass is 35.5. The van der Waals surface area contributed by atoms with E-state index in [9.17, 15) is 9.90 Å². The van der Waals surface area contributed by atoms with Crippen LogP contribution in [-0.2, 0) is 4.79 Å². The molecular weight excluding hydrogens is 328 g/mol. The monoisotopic (exact) mass is 358 g/mol. The minimum Gasteiger partial charge on any atom is -0.491 e. The molecule has 1 unspecified atom stereocenters. The van der Waals surface area contributed by atoms with Crippen molar-refractivity contribution in [1.82, 2.24) is 5.32 Å². The van der Waals surface area contributed by atoms with Crippen LogP contribution in [0.15, 0.2) is 24.3 Å². The van der Waals surface area contributed by atoms with Gasteiger partial charge in [0.25, 0.3) is 0 Å². The summed E-state index contributed by atoms with van der Waals surface area (Å²) in [5, 5.41) is 13.1. The maximum Gasteiger partial charge on any atom is 0.227 e. The number of carbonyl (C=O) groups is 1. The molecule has 1 atom stereocenters. The summed E-state index contributed by atoms with van der Waals surface area (Å²) in [6.45, 7) is 8.32. The molecule has 24 heavy (non-hydrogen) atoms. The van der Waals surface area contributed by atoms with Crippen molar-refractivity contribution in [2.45, 2.75) is 52.7 Å². The molecule has 0 aliphatic carbocycles. The lowest BCUT2D eigenvalue weighted by Gasteiger charge is -2.29. The molecule has 1 aromatic rings. The van der Waals surface area contributed by atoms with E-state index in [1.807, 2.05) is 52.0 Å². The van der Waals surface area contributed by atoms with Crippen LogP contribution in [-0.4, -0.2) is 30.2 Å². The maximum atomic E-state index is 12.3. The summed E-state index contributed by atoms with van der Waals surface area (Å²) in [6, 6.07) is 7.26. The van der Waals surface area contributed by atoms with Crippen molar-refractivity contribution >= 4 is 18.3 Å². The SMILES string of the molecule is CCC(CC)(CN)C(=O)NCC(O)c1ccc(OC(C)C)cc1.Cl. The van der Waals surface area contributed by atoms with Gasteiger partial charge in [-0.15, -0.1) is 12.4 Å². The van der Waals surface area contributed by atoms with Gasteiger partial charge in [0.15, 0.2) is 0 Å². The zero-order valence-corrected chi connectivity index (χ0v) is 15.9. The minimum absolute atomic E-state index is 0. The third-order valence-corrected chi connectivity index (χ3v) is 4.32. The number of amides is 1. The second-order valence-corrected chi connectivity index (χ2v) is 6.15. The van der Waals surface area contributed by atoms with Gasteiger partial charge < -0.3 is 20.9 Å². The van der Waals surface area contributed by atoms with E-state index in [4.69, 9.17) is 10.5 Å². The number of nitrogens with one attached hydrogen (secondary N) is 1. The molecule has 1 amide bonds. The van der Waals surface area contributed by atoms with Crippen LogP contribution in [0.1, 0.15) is 52.2 Å². The molecule has 0 aliphatic heterocycles. The van der Waals surface area contributed by atoms with Gasteiger partial charge in [0, 0.05) is 13.1 Å². The first kappa shape index (κ1) is 22.7. The fourth-order valence-corrected chi connectivity index (χ4v) is 2.49. The number of aliphatic hydroxyl groups excluding tert-OH is 1. The van der Waals surface area contributed by atoms with Crippen molar-refractivity contribution < 1.29 is 14.6 Å². The number of benzene rings is 1. The second-order valence-electron chi connectivity index (χ2n) is 6.15. The van der Waals surface area contributed by atoms with Crippen molar-refractivity contribution in [2.24, 2.45) is 11.1 Å². The first-order valence-corrected chi connectivity index (χ1v) is 8.31. The predicted octanol–water partition coefficient (Wildman–Crippen LogP) is 2.81. The summed E-state index contributed by atoms with van der Waals surface area (Å²) >= 11 is 0. The Morgan fingerprint density at radius 1 is 1.25 bits per heavy atom. The average molecular weight is 359 g/mol. The van der Waals surface area contributed by atoms with Crippen LogP contribution in [0.3, 0.4) is 0 Å². The number of ether oxygens (including phenoxy) is 1. The zero-order chi connectivity index (χ0) is 17.5. The molecule has 0 saturated heterocycles. The maximum absolute atomic E-state index is 12.3. The Morgan fingerprint density at radius 3 is 2.21 bits per heavy atom. The summed E-state index contributed by atoms with van der Waals surface area (Å²) in [5.41, 5.74) is 5.96. The van der Waals surface area contributed by atoms with E-state index in [1.165, 1.54) is 0 Å². The number of nitrogens with two attached hydrogens (primary N) is 1. The van der Waals surface area contributed by atoms with Gasteiger partial charge in [-0.1, -0.05) is 26.0 Å². The standard InChI is InChI=1S/C18H30N2O3.ClH/c1-5-18(6-2,12-19)17(22)20-11-16(21)14-7-9-15(10-8-14)23-13(3)4;/h7-10,13,16,21H,5-6,11-12,19H2,1-4H3,(H,20,22);1H. The zero-order valence-electron chi connectivity index (χ0n) is 15.0. The number of halogens is 1. The van der Waals surface area contributed by atoms with E-state index in [0.29, 0.717) is 19.4 Å².